The minimum atomic E-state index is -0.783. The second kappa shape index (κ2) is 4.90. The van der Waals surface area contributed by atoms with Crippen molar-refractivity contribution in [1.29, 1.82) is 0 Å². The number of amides is 1. The largest absolute Gasteiger partial charge is 0.462 e. The number of aldehydes is 1. The van der Waals surface area contributed by atoms with Gasteiger partial charge in [-0.3, -0.25) is 0 Å². The van der Waals surface area contributed by atoms with Gasteiger partial charge < -0.3 is 24.3 Å². The summed E-state index contributed by atoms with van der Waals surface area (Å²) in [6.07, 6.45) is 3.40. The van der Waals surface area contributed by atoms with Crippen molar-refractivity contribution in [2.24, 2.45) is 0 Å². The van der Waals surface area contributed by atoms with Crippen molar-refractivity contribution in [2.75, 3.05) is 0 Å². The van der Waals surface area contributed by atoms with Crippen LogP contribution in [0.1, 0.15) is 6.92 Å². The molecule has 1 rings (SSSR count). The van der Waals surface area contributed by atoms with Crippen LogP contribution in [0, 0.1) is 0 Å². The number of nitrogens with one attached hydrogen (secondary N) is 1. The Morgan fingerprint density at radius 1 is 1.64 bits per heavy atom. The van der Waals surface area contributed by atoms with Crippen LogP contribution in [0.4, 0.5) is 4.79 Å². The average molecular weight is 199 g/mol. The number of carbonyl (C=O) groups is 2. The Hall–Kier alpha value is -1.98. The first-order chi connectivity index (χ1) is 6.72. The molecule has 0 spiro atoms. The number of alkyl carbamates (subject to hydrolysis) is 1. The Morgan fingerprint density at radius 3 is 3.00 bits per heavy atom. The molecule has 0 fully saturated rings. The lowest BCUT2D eigenvalue weighted by molar-refractivity contribution is -0.109. The summed E-state index contributed by atoms with van der Waals surface area (Å²) >= 11 is 0. The van der Waals surface area contributed by atoms with Gasteiger partial charge >= 0.3 is 12.0 Å². The van der Waals surface area contributed by atoms with Gasteiger partial charge in [0.15, 0.2) is 6.26 Å². The summed E-state index contributed by atoms with van der Waals surface area (Å²) in [5, 5.41) is 2.25. The van der Waals surface area contributed by atoms with E-state index in [0.29, 0.717) is 6.29 Å². The molecule has 0 saturated heterocycles. The Kier molecular flexibility index (Phi) is 3.54. The maximum atomic E-state index is 11.0. The smallest absolute Gasteiger partial charge is 0.415 e. The predicted octanol–water partition coefficient (Wildman–Crippen LogP) is 0.617. The Labute approximate surface area is 80.1 Å². The van der Waals surface area contributed by atoms with E-state index in [1.54, 1.807) is 0 Å². The predicted molar refractivity (Wildman–Crippen MR) is 44.5 cm³/mol. The van der Waals surface area contributed by atoms with Crippen LogP contribution in [0.3, 0.4) is 0 Å². The summed E-state index contributed by atoms with van der Waals surface area (Å²) in [5.74, 6) is -0.0944. The standard InChI is InChI=1S/C8H9NO5/c1-6(4-10)9-8(11)14-7-5-12-2-3-13-7/h2-6H,1H3,(H,9,11). The first-order valence-corrected chi connectivity index (χ1v) is 3.83. The topological polar surface area (TPSA) is 73.9 Å². The third-order valence-electron chi connectivity index (χ3n) is 1.23. The van der Waals surface area contributed by atoms with E-state index in [1.165, 1.54) is 19.4 Å². The summed E-state index contributed by atoms with van der Waals surface area (Å²) < 4.78 is 14.0. The maximum Gasteiger partial charge on any atom is 0.415 e. The Bertz CT molecular complexity index is 283. The van der Waals surface area contributed by atoms with Crippen molar-refractivity contribution in [3.05, 3.63) is 24.7 Å². The molecule has 0 saturated carbocycles. The Balaban J connectivity index is 2.33. The van der Waals surface area contributed by atoms with Gasteiger partial charge in [0.2, 0.25) is 0 Å². The van der Waals surface area contributed by atoms with E-state index in [9.17, 15) is 9.59 Å². The van der Waals surface area contributed by atoms with Crippen LogP contribution in [-0.2, 0) is 19.0 Å². The zero-order valence-electron chi connectivity index (χ0n) is 7.43. The normalized spacial score (nSPS) is 15.6. The summed E-state index contributed by atoms with van der Waals surface area (Å²) in [4.78, 5) is 21.2. The lowest BCUT2D eigenvalue weighted by atomic mass is 10.4. The molecule has 0 aromatic heterocycles. The summed E-state index contributed by atoms with van der Waals surface area (Å²) in [6.45, 7) is 1.51. The minimum Gasteiger partial charge on any atom is -0.462 e. The van der Waals surface area contributed by atoms with E-state index in [1.807, 2.05) is 0 Å². The van der Waals surface area contributed by atoms with Gasteiger partial charge in [0, 0.05) is 0 Å². The monoisotopic (exact) mass is 199 g/mol. The molecule has 1 amide bonds. The van der Waals surface area contributed by atoms with Gasteiger partial charge in [-0.25, -0.2) is 4.79 Å². The van der Waals surface area contributed by atoms with Crippen LogP contribution in [0.5, 0.6) is 0 Å². The molecule has 1 N–H and O–H groups in total. The van der Waals surface area contributed by atoms with Gasteiger partial charge in [0.25, 0.3) is 0 Å². The third kappa shape index (κ3) is 3.18. The van der Waals surface area contributed by atoms with E-state index < -0.39 is 12.1 Å². The van der Waals surface area contributed by atoms with Crippen LogP contribution in [0.15, 0.2) is 24.7 Å². The molecule has 1 aliphatic rings. The van der Waals surface area contributed by atoms with Crippen LogP contribution in [0.2, 0.25) is 0 Å². The van der Waals surface area contributed by atoms with E-state index >= 15 is 0 Å². The highest BCUT2D eigenvalue weighted by molar-refractivity contribution is 5.73. The summed E-state index contributed by atoms with van der Waals surface area (Å²) in [6, 6.07) is -0.608. The molecular formula is C8H9NO5. The van der Waals surface area contributed by atoms with Crippen molar-refractivity contribution in [1.82, 2.24) is 5.32 Å². The van der Waals surface area contributed by atoms with E-state index in [4.69, 9.17) is 4.74 Å². The fourth-order valence-electron chi connectivity index (χ4n) is 0.638. The lowest BCUT2D eigenvalue weighted by Gasteiger charge is -2.11. The molecule has 1 atom stereocenters. The molecule has 14 heavy (non-hydrogen) atoms. The Morgan fingerprint density at radius 2 is 2.43 bits per heavy atom. The molecular weight excluding hydrogens is 190 g/mol. The zero-order chi connectivity index (χ0) is 10.4. The van der Waals surface area contributed by atoms with Crippen molar-refractivity contribution in [3.63, 3.8) is 0 Å². The maximum absolute atomic E-state index is 11.0. The molecule has 0 radical (unpaired) electrons. The highest BCUT2D eigenvalue weighted by atomic mass is 16.7. The fourth-order valence-corrected chi connectivity index (χ4v) is 0.638. The molecule has 0 aromatic carbocycles. The number of carbonyl (C=O) groups excluding carboxylic acids is 2. The quantitative estimate of drug-likeness (QED) is 0.674. The van der Waals surface area contributed by atoms with Gasteiger partial charge in [0.05, 0.1) is 6.04 Å². The molecule has 0 aromatic rings. The molecule has 0 aliphatic carbocycles. The van der Waals surface area contributed by atoms with Crippen LogP contribution in [-0.4, -0.2) is 18.4 Å². The second-order valence-corrected chi connectivity index (χ2v) is 2.42. The van der Waals surface area contributed by atoms with Gasteiger partial charge in [-0.1, -0.05) is 0 Å². The first kappa shape index (κ1) is 10.1. The number of hydrogen-bond donors (Lipinski definition) is 1. The van der Waals surface area contributed by atoms with Crippen molar-refractivity contribution >= 4 is 12.4 Å². The minimum absolute atomic E-state index is 0.0944. The first-order valence-electron chi connectivity index (χ1n) is 3.83. The van der Waals surface area contributed by atoms with E-state index in [0.717, 1.165) is 6.26 Å². The molecule has 0 bridgehead atoms. The fraction of sp³-hybridized carbons (Fsp3) is 0.250. The van der Waals surface area contributed by atoms with Crippen molar-refractivity contribution in [3.8, 4) is 0 Å². The highest BCUT2D eigenvalue weighted by Crippen LogP contribution is 2.06. The number of ether oxygens (including phenoxy) is 3. The molecule has 6 heteroatoms. The van der Waals surface area contributed by atoms with E-state index in [-0.39, 0.29) is 5.95 Å². The number of hydrogen-bond acceptors (Lipinski definition) is 5. The van der Waals surface area contributed by atoms with Crippen LogP contribution >= 0.6 is 0 Å². The van der Waals surface area contributed by atoms with Gasteiger partial charge in [-0.05, 0) is 6.92 Å². The summed E-state index contributed by atoms with van der Waals surface area (Å²) in [7, 11) is 0. The van der Waals surface area contributed by atoms with E-state index in [2.05, 4.69) is 14.8 Å². The molecule has 1 unspecified atom stereocenters. The third-order valence-corrected chi connectivity index (χ3v) is 1.23. The number of rotatable bonds is 3. The molecule has 76 valence electrons. The highest BCUT2D eigenvalue weighted by Gasteiger charge is 2.11. The van der Waals surface area contributed by atoms with Crippen LogP contribution in [0.25, 0.3) is 0 Å². The van der Waals surface area contributed by atoms with Gasteiger partial charge in [-0.15, -0.1) is 0 Å². The molecule has 6 nitrogen and oxygen atoms in total. The van der Waals surface area contributed by atoms with Gasteiger partial charge in [-0.2, -0.15) is 0 Å². The SMILES string of the molecule is CC(C=O)NC(=O)OC1=COC=CO1. The van der Waals surface area contributed by atoms with Crippen LogP contribution < -0.4 is 5.32 Å². The average Bonchev–Trinajstić information content (AvgIpc) is 2.19. The van der Waals surface area contributed by atoms with Crippen molar-refractivity contribution in [2.45, 2.75) is 13.0 Å². The summed E-state index contributed by atoms with van der Waals surface area (Å²) in [5.41, 5.74) is 0. The molecule has 1 aliphatic heterocycles. The van der Waals surface area contributed by atoms with Crippen molar-refractivity contribution < 1.29 is 23.8 Å². The second-order valence-electron chi connectivity index (χ2n) is 2.42. The zero-order valence-corrected chi connectivity index (χ0v) is 7.43. The van der Waals surface area contributed by atoms with Gasteiger partial charge in [0.1, 0.15) is 18.8 Å². The lowest BCUT2D eigenvalue weighted by Crippen LogP contribution is -2.34. The molecule has 1 heterocycles.